The zero-order valence-corrected chi connectivity index (χ0v) is 9.09. The molecule has 0 heterocycles. The Balaban J connectivity index is 0. The van der Waals surface area contributed by atoms with Crippen LogP contribution in [0.2, 0.25) is 0 Å². The summed E-state index contributed by atoms with van der Waals surface area (Å²) >= 11 is 0. The molecule has 0 unspecified atom stereocenters. The summed E-state index contributed by atoms with van der Waals surface area (Å²) in [6.45, 7) is -0.250. The molecule has 0 atom stereocenters. The van der Waals surface area contributed by atoms with Crippen LogP contribution in [0, 0.1) is 0 Å². The van der Waals surface area contributed by atoms with Crippen LogP contribution < -0.4 is 0 Å². The van der Waals surface area contributed by atoms with Crippen molar-refractivity contribution in [1.29, 1.82) is 0 Å². The highest BCUT2D eigenvalue weighted by molar-refractivity contribution is 7.85. The van der Waals surface area contributed by atoms with Gasteiger partial charge in [0.1, 0.15) is 0 Å². The minimum absolute atomic E-state index is 0. The molecule has 0 radical (unpaired) electrons. The molecule has 0 fully saturated rings. The first-order chi connectivity index (χ1) is 7.32. The molecule has 1 rings (SSSR count). The quantitative estimate of drug-likeness (QED) is 0.480. The highest BCUT2D eigenvalue weighted by Crippen LogP contribution is 2.10. The number of hydrogen-bond donors (Lipinski definition) is 3. The number of aromatic carboxylic acids is 1. The third-order valence-electron chi connectivity index (χ3n) is 1.38. The summed E-state index contributed by atoms with van der Waals surface area (Å²) in [4.78, 5) is 18.3. The maximum atomic E-state index is 10.6. The first kappa shape index (κ1) is 17.4. The Bertz CT molecular complexity index is 478. The van der Waals surface area contributed by atoms with Gasteiger partial charge in [-0.2, -0.15) is 8.42 Å². The van der Waals surface area contributed by atoms with Crippen molar-refractivity contribution in [3.63, 3.8) is 0 Å². The summed E-state index contributed by atoms with van der Waals surface area (Å²) in [6.07, 6.45) is 0. The van der Waals surface area contributed by atoms with Crippen molar-refractivity contribution in [2.45, 2.75) is 4.90 Å². The van der Waals surface area contributed by atoms with Crippen LogP contribution >= 0.6 is 0 Å². The average Bonchev–Trinajstić information content (AvgIpc) is 2.18. The van der Waals surface area contributed by atoms with Gasteiger partial charge < -0.3 is 15.7 Å². The van der Waals surface area contributed by atoms with Crippen molar-refractivity contribution in [1.82, 2.24) is 0 Å². The molecular weight excluding hydrogens is 256 g/mol. The van der Waals surface area contributed by atoms with Crippen LogP contribution in [0.5, 0.6) is 0 Å². The predicted octanol–water partition coefficient (Wildman–Crippen LogP) is -0.492. The monoisotopic (exact) mass is 266 g/mol. The van der Waals surface area contributed by atoms with Crippen LogP contribution in [0.4, 0.5) is 0 Å². The van der Waals surface area contributed by atoms with Crippen LogP contribution in [0.3, 0.4) is 0 Å². The van der Waals surface area contributed by atoms with Crippen molar-refractivity contribution >= 4 is 22.6 Å². The van der Waals surface area contributed by atoms with Crippen LogP contribution in [0.25, 0.3) is 0 Å². The van der Waals surface area contributed by atoms with E-state index in [1.807, 2.05) is 0 Å². The number of benzene rings is 1. The van der Waals surface area contributed by atoms with Gasteiger partial charge in [-0.15, -0.1) is 0 Å². The molecule has 0 aliphatic heterocycles. The molecule has 1 aromatic carbocycles. The largest absolute Gasteiger partial charge is 0.483 e. The van der Waals surface area contributed by atoms with E-state index in [4.69, 9.17) is 19.6 Å². The lowest BCUT2D eigenvalue weighted by atomic mass is 10.2. The molecule has 9 heteroatoms. The molecule has 0 aliphatic carbocycles. The van der Waals surface area contributed by atoms with Gasteiger partial charge in [0.15, 0.2) is 0 Å². The Labute approximate surface area is 96.2 Å². The lowest BCUT2D eigenvalue weighted by molar-refractivity contribution is -0.122. The molecule has 0 saturated carbocycles. The highest BCUT2D eigenvalue weighted by atomic mass is 32.2. The summed E-state index contributed by atoms with van der Waals surface area (Å²) in [5.41, 5.74) is -0.185. The number of carboxylic acid groups (broad SMARTS) is 2. The molecule has 5 N–H and O–H groups in total. The van der Waals surface area contributed by atoms with Crippen LogP contribution in [-0.4, -0.2) is 41.1 Å². The molecule has 17 heavy (non-hydrogen) atoms. The molecule has 0 bridgehead atoms. The Kier molecular flexibility index (Phi) is 7.51. The van der Waals surface area contributed by atoms with Crippen LogP contribution in [0.15, 0.2) is 29.2 Å². The topological polar surface area (TPSA) is 160 Å². The Morgan fingerprint density at radius 2 is 1.76 bits per heavy atom. The van der Waals surface area contributed by atoms with Crippen molar-refractivity contribution in [2.75, 3.05) is 0 Å². The smallest absolute Gasteiger partial charge is 0.335 e. The molecule has 0 aliphatic rings. The van der Waals surface area contributed by atoms with Gasteiger partial charge in [0.05, 0.1) is 10.5 Å². The van der Waals surface area contributed by atoms with E-state index in [0.29, 0.717) is 0 Å². The van der Waals surface area contributed by atoms with E-state index >= 15 is 0 Å². The fourth-order valence-corrected chi connectivity index (χ4v) is 1.32. The summed E-state index contributed by atoms with van der Waals surface area (Å²) in [5, 5.41) is 15.4. The van der Waals surface area contributed by atoms with Gasteiger partial charge in [0.25, 0.3) is 16.6 Å². The maximum absolute atomic E-state index is 10.6. The number of rotatable bonds is 2. The average molecular weight is 266 g/mol. The normalized spacial score (nSPS) is 9.24. The zero-order chi connectivity index (χ0) is 12.8. The van der Waals surface area contributed by atoms with Crippen molar-refractivity contribution in [2.24, 2.45) is 0 Å². The molecule has 1 aromatic rings. The van der Waals surface area contributed by atoms with E-state index in [1.54, 1.807) is 0 Å². The number of hydrogen-bond acceptors (Lipinski definition) is 4. The zero-order valence-electron chi connectivity index (χ0n) is 8.27. The lowest BCUT2D eigenvalue weighted by Crippen LogP contribution is -2.01. The molecule has 0 amide bonds. The minimum Gasteiger partial charge on any atom is -0.483 e. The molecular formula is C8H10O8S. The molecule has 0 aromatic heterocycles. The number of carboxylic acids is 1. The molecule has 0 spiro atoms. The van der Waals surface area contributed by atoms with Gasteiger partial charge >= 0.3 is 5.97 Å². The van der Waals surface area contributed by atoms with E-state index < -0.39 is 21.0 Å². The fourth-order valence-electron chi connectivity index (χ4n) is 0.790. The Morgan fingerprint density at radius 3 is 2.12 bits per heavy atom. The van der Waals surface area contributed by atoms with Gasteiger partial charge in [-0.3, -0.25) is 9.35 Å². The fraction of sp³-hybridized carbons (Fsp3) is 0. The first-order valence-corrected chi connectivity index (χ1v) is 5.15. The lowest BCUT2D eigenvalue weighted by Gasteiger charge is -1.97. The van der Waals surface area contributed by atoms with Gasteiger partial charge in [0, 0.05) is 0 Å². The van der Waals surface area contributed by atoms with Gasteiger partial charge in [-0.1, -0.05) is 6.07 Å². The summed E-state index contributed by atoms with van der Waals surface area (Å²) in [6, 6.07) is 4.48. The molecule has 8 nitrogen and oxygen atoms in total. The van der Waals surface area contributed by atoms with Gasteiger partial charge in [-0.25, -0.2) is 4.79 Å². The SMILES string of the molecule is O.O=C(O)c1cccc(S(=O)(=O)O)c1.O=CO. The van der Waals surface area contributed by atoms with E-state index in [-0.39, 0.29) is 17.5 Å². The minimum atomic E-state index is -4.32. The second-order valence-corrected chi connectivity index (χ2v) is 3.83. The highest BCUT2D eigenvalue weighted by Gasteiger charge is 2.11. The molecule has 0 saturated heterocycles. The van der Waals surface area contributed by atoms with Crippen LogP contribution in [-0.2, 0) is 14.9 Å². The predicted molar refractivity (Wildman–Crippen MR) is 55.5 cm³/mol. The second kappa shape index (κ2) is 7.33. The summed E-state index contributed by atoms with van der Waals surface area (Å²) in [7, 11) is -4.32. The van der Waals surface area contributed by atoms with Crippen molar-refractivity contribution in [3.05, 3.63) is 29.8 Å². The van der Waals surface area contributed by atoms with E-state index in [9.17, 15) is 13.2 Å². The summed E-state index contributed by atoms with van der Waals surface area (Å²) in [5.74, 6) is -1.24. The van der Waals surface area contributed by atoms with Gasteiger partial charge in [0.2, 0.25) is 0 Å². The van der Waals surface area contributed by atoms with E-state index in [1.165, 1.54) is 12.1 Å². The van der Waals surface area contributed by atoms with Crippen molar-refractivity contribution < 1.29 is 38.2 Å². The Hall–Kier alpha value is -1.97. The number of carbonyl (C=O) groups is 2. The van der Waals surface area contributed by atoms with E-state index in [2.05, 4.69) is 0 Å². The third kappa shape index (κ3) is 6.25. The Morgan fingerprint density at radius 1 is 1.29 bits per heavy atom. The summed E-state index contributed by atoms with van der Waals surface area (Å²) < 4.78 is 29.7. The van der Waals surface area contributed by atoms with Crippen molar-refractivity contribution in [3.8, 4) is 0 Å². The first-order valence-electron chi connectivity index (χ1n) is 3.71. The standard InChI is InChI=1S/C7H6O5S.CH2O2.H2O/c8-7(9)5-2-1-3-6(4-5)13(10,11)12;2-1-3;/h1-4H,(H,8,9)(H,10,11,12);1H,(H,2,3);1H2. The van der Waals surface area contributed by atoms with Crippen LogP contribution in [0.1, 0.15) is 10.4 Å². The van der Waals surface area contributed by atoms with Gasteiger partial charge in [-0.05, 0) is 18.2 Å². The second-order valence-electron chi connectivity index (χ2n) is 2.41. The maximum Gasteiger partial charge on any atom is 0.335 e. The van der Waals surface area contributed by atoms with E-state index in [0.717, 1.165) is 12.1 Å². The third-order valence-corrected chi connectivity index (χ3v) is 2.23. The molecule has 96 valence electrons.